The molecule has 2 heterocycles. The van der Waals surface area contributed by atoms with E-state index in [0.717, 1.165) is 10.1 Å². The van der Waals surface area contributed by atoms with Crippen molar-refractivity contribution in [2.75, 3.05) is 5.32 Å². The van der Waals surface area contributed by atoms with Gasteiger partial charge >= 0.3 is 5.69 Å². The van der Waals surface area contributed by atoms with Crippen molar-refractivity contribution in [3.63, 3.8) is 0 Å². The Morgan fingerprint density at radius 1 is 1.16 bits per heavy atom. The van der Waals surface area contributed by atoms with E-state index in [0.29, 0.717) is 30.2 Å². The largest absolute Gasteiger partial charge is 0.352 e. The minimum absolute atomic E-state index is 0.234. The van der Waals surface area contributed by atoms with E-state index < -0.39 is 11.2 Å². The summed E-state index contributed by atoms with van der Waals surface area (Å²) in [4.78, 5) is 29.1. The number of nitrogens with one attached hydrogen (secondary N) is 1. The van der Waals surface area contributed by atoms with Crippen LogP contribution in [0, 0.1) is 11.3 Å². The minimum atomic E-state index is -0.433. The number of rotatable bonds is 5. The second-order valence-electron chi connectivity index (χ2n) is 5.71. The Morgan fingerprint density at radius 2 is 1.88 bits per heavy atom. The van der Waals surface area contributed by atoms with Crippen LogP contribution in [0.3, 0.4) is 0 Å². The van der Waals surface area contributed by atoms with E-state index in [1.54, 1.807) is 11.6 Å². The van der Waals surface area contributed by atoms with Crippen molar-refractivity contribution < 1.29 is 0 Å². The van der Waals surface area contributed by atoms with E-state index in [1.165, 1.54) is 11.6 Å². The number of imidazole rings is 1. The van der Waals surface area contributed by atoms with Crippen LogP contribution in [0.1, 0.15) is 12.0 Å². The second kappa shape index (κ2) is 6.65. The highest BCUT2D eigenvalue weighted by Crippen LogP contribution is 2.17. The standard InChI is InChI=1S/C17H18N6O2/c1-21-14-13(15(24)22(2)17(21)25)23(10-6-9-18)16(20-14)19-11-12-7-4-3-5-8-12/h3-5,7-8H,6,10-11H2,1-2H3,(H,19,20). The SMILES string of the molecule is Cn1c(=O)c2c(nc(NCc3ccccc3)n2CCC#N)n(C)c1=O. The van der Waals surface area contributed by atoms with Crippen LogP contribution >= 0.6 is 0 Å². The van der Waals surface area contributed by atoms with Crippen molar-refractivity contribution in [2.45, 2.75) is 19.5 Å². The zero-order valence-electron chi connectivity index (χ0n) is 14.1. The maximum atomic E-state index is 12.6. The van der Waals surface area contributed by atoms with E-state index in [4.69, 9.17) is 5.26 Å². The van der Waals surface area contributed by atoms with E-state index in [1.807, 2.05) is 30.3 Å². The summed E-state index contributed by atoms with van der Waals surface area (Å²) < 4.78 is 4.06. The average molecular weight is 338 g/mol. The predicted octanol–water partition coefficient (Wildman–Crippen LogP) is 0.959. The molecule has 0 saturated heterocycles. The summed E-state index contributed by atoms with van der Waals surface area (Å²) in [6.07, 6.45) is 0.234. The molecule has 3 rings (SSSR count). The van der Waals surface area contributed by atoms with Gasteiger partial charge < -0.3 is 9.88 Å². The fourth-order valence-electron chi connectivity index (χ4n) is 2.74. The summed E-state index contributed by atoms with van der Waals surface area (Å²) in [5, 5.41) is 12.1. The third kappa shape index (κ3) is 2.92. The Balaban J connectivity index is 2.12. The van der Waals surface area contributed by atoms with Crippen LogP contribution in [0.4, 0.5) is 5.95 Å². The number of aromatic nitrogens is 4. The van der Waals surface area contributed by atoms with Gasteiger partial charge in [-0.2, -0.15) is 10.2 Å². The fourth-order valence-corrected chi connectivity index (χ4v) is 2.74. The fraction of sp³-hybridized carbons (Fsp3) is 0.294. The molecule has 0 saturated carbocycles. The van der Waals surface area contributed by atoms with Gasteiger partial charge in [-0.15, -0.1) is 0 Å². The Labute approximate surface area is 143 Å². The van der Waals surface area contributed by atoms with Gasteiger partial charge in [0.15, 0.2) is 11.2 Å². The molecular weight excluding hydrogens is 320 g/mol. The van der Waals surface area contributed by atoms with Gasteiger partial charge in [0.05, 0.1) is 12.5 Å². The van der Waals surface area contributed by atoms with Crippen LogP contribution in [0.25, 0.3) is 11.2 Å². The molecule has 0 radical (unpaired) electrons. The monoisotopic (exact) mass is 338 g/mol. The van der Waals surface area contributed by atoms with Crippen LogP contribution in [0.5, 0.6) is 0 Å². The first-order valence-corrected chi connectivity index (χ1v) is 7.85. The summed E-state index contributed by atoms with van der Waals surface area (Å²) in [5.41, 5.74) is 0.827. The average Bonchev–Trinajstić information content (AvgIpc) is 3.00. The van der Waals surface area contributed by atoms with Crippen molar-refractivity contribution in [1.82, 2.24) is 18.7 Å². The predicted molar refractivity (Wildman–Crippen MR) is 94.2 cm³/mol. The van der Waals surface area contributed by atoms with Crippen LogP contribution < -0.4 is 16.6 Å². The molecule has 0 unspecified atom stereocenters. The molecule has 8 nitrogen and oxygen atoms in total. The summed E-state index contributed by atoms with van der Waals surface area (Å²) in [6, 6.07) is 11.8. The number of nitriles is 1. The van der Waals surface area contributed by atoms with Crippen molar-refractivity contribution in [2.24, 2.45) is 14.1 Å². The Kier molecular flexibility index (Phi) is 4.39. The second-order valence-corrected chi connectivity index (χ2v) is 5.71. The van der Waals surface area contributed by atoms with Crippen molar-refractivity contribution in [3.05, 3.63) is 56.7 Å². The highest BCUT2D eigenvalue weighted by atomic mass is 16.2. The lowest BCUT2D eigenvalue weighted by molar-refractivity contribution is 0.692. The summed E-state index contributed by atoms with van der Waals surface area (Å²) in [5.74, 6) is 0.465. The molecule has 128 valence electrons. The third-order valence-corrected chi connectivity index (χ3v) is 4.09. The number of hydrogen-bond donors (Lipinski definition) is 1. The summed E-state index contributed by atoms with van der Waals surface area (Å²) >= 11 is 0. The Bertz CT molecular complexity index is 1070. The Morgan fingerprint density at radius 3 is 2.56 bits per heavy atom. The minimum Gasteiger partial charge on any atom is -0.352 e. The highest BCUT2D eigenvalue weighted by molar-refractivity contribution is 5.74. The quantitative estimate of drug-likeness (QED) is 0.747. The number of benzene rings is 1. The zero-order chi connectivity index (χ0) is 18.0. The number of aryl methyl sites for hydroxylation is 2. The molecular formula is C17H18N6O2. The van der Waals surface area contributed by atoms with Gasteiger partial charge in [-0.3, -0.25) is 13.9 Å². The molecule has 0 atom stereocenters. The molecule has 0 amide bonds. The summed E-state index contributed by atoms with van der Waals surface area (Å²) in [7, 11) is 3.01. The van der Waals surface area contributed by atoms with Crippen LogP contribution in [0.2, 0.25) is 0 Å². The van der Waals surface area contributed by atoms with E-state index >= 15 is 0 Å². The van der Waals surface area contributed by atoms with E-state index in [-0.39, 0.29) is 6.42 Å². The molecule has 1 N–H and O–H groups in total. The van der Waals surface area contributed by atoms with E-state index in [9.17, 15) is 9.59 Å². The Hall–Kier alpha value is -3.34. The zero-order valence-corrected chi connectivity index (χ0v) is 14.1. The molecule has 0 fully saturated rings. The molecule has 0 spiro atoms. The first kappa shape index (κ1) is 16.5. The van der Waals surface area contributed by atoms with Crippen molar-refractivity contribution in [1.29, 1.82) is 5.26 Å². The maximum Gasteiger partial charge on any atom is 0.332 e. The van der Waals surface area contributed by atoms with Gasteiger partial charge in [-0.25, -0.2) is 4.79 Å². The smallest absolute Gasteiger partial charge is 0.332 e. The molecule has 0 aliphatic heterocycles. The normalized spacial score (nSPS) is 10.8. The molecule has 0 aliphatic carbocycles. The molecule has 2 aromatic heterocycles. The van der Waals surface area contributed by atoms with Crippen LogP contribution in [-0.4, -0.2) is 18.7 Å². The van der Waals surface area contributed by atoms with Gasteiger partial charge in [-0.05, 0) is 5.56 Å². The van der Waals surface area contributed by atoms with Crippen LogP contribution in [-0.2, 0) is 27.2 Å². The molecule has 3 aromatic rings. The van der Waals surface area contributed by atoms with Crippen molar-refractivity contribution in [3.8, 4) is 6.07 Å². The lowest BCUT2D eigenvalue weighted by Crippen LogP contribution is -2.37. The van der Waals surface area contributed by atoms with Gasteiger partial charge in [0.25, 0.3) is 5.56 Å². The first-order chi connectivity index (χ1) is 12.0. The third-order valence-electron chi connectivity index (χ3n) is 4.09. The number of hydrogen-bond acceptors (Lipinski definition) is 5. The first-order valence-electron chi connectivity index (χ1n) is 7.85. The highest BCUT2D eigenvalue weighted by Gasteiger charge is 2.18. The molecule has 0 bridgehead atoms. The summed E-state index contributed by atoms with van der Waals surface area (Å²) in [6.45, 7) is 0.836. The lowest BCUT2D eigenvalue weighted by Gasteiger charge is -2.09. The lowest BCUT2D eigenvalue weighted by atomic mass is 10.2. The number of anilines is 1. The molecule has 1 aromatic carbocycles. The van der Waals surface area contributed by atoms with Crippen LogP contribution in [0.15, 0.2) is 39.9 Å². The van der Waals surface area contributed by atoms with Gasteiger partial charge in [0, 0.05) is 27.2 Å². The van der Waals surface area contributed by atoms with Gasteiger partial charge in [0.2, 0.25) is 5.95 Å². The molecule has 25 heavy (non-hydrogen) atoms. The number of nitrogens with zero attached hydrogens (tertiary/aromatic N) is 5. The van der Waals surface area contributed by atoms with Crippen molar-refractivity contribution >= 4 is 17.1 Å². The van der Waals surface area contributed by atoms with Gasteiger partial charge in [-0.1, -0.05) is 30.3 Å². The molecule has 8 heteroatoms. The van der Waals surface area contributed by atoms with E-state index in [2.05, 4.69) is 16.4 Å². The molecule has 0 aliphatic rings. The maximum absolute atomic E-state index is 12.6. The van der Waals surface area contributed by atoms with Gasteiger partial charge in [0.1, 0.15) is 0 Å². The number of fused-ring (bicyclic) bond motifs is 1. The topological polar surface area (TPSA) is 97.6 Å².